The molecule has 10 heteroatoms. The predicted molar refractivity (Wildman–Crippen MR) is 128 cm³/mol. The van der Waals surface area contributed by atoms with Crippen LogP contribution in [-0.4, -0.2) is 74.3 Å². The van der Waals surface area contributed by atoms with E-state index in [2.05, 4.69) is 27.0 Å². The van der Waals surface area contributed by atoms with Crippen molar-refractivity contribution in [1.29, 1.82) is 0 Å². The zero-order valence-electron chi connectivity index (χ0n) is 18.7. The molecule has 1 aliphatic rings. The minimum atomic E-state index is -3.67. The van der Waals surface area contributed by atoms with Gasteiger partial charge < -0.3 is 15.1 Å². The quantitative estimate of drug-likeness (QED) is 0.585. The van der Waals surface area contributed by atoms with Crippen molar-refractivity contribution in [2.24, 2.45) is 0 Å². The maximum Gasteiger partial charge on any atom is 0.255 e. The second-order valence-electron chi connectivity index (χ2n) is 7.51. The number of hydrogen-bond acceptors (Lipinski definition) is 6. The first-order chi connectivity index (χ1) is 15.3. The molecule has 0 bridgehead atoms. The summed E-state index contributed by atoms with van der Waals surface area (Å²) in [5.74, 6) is -0.375. The average Bonchev–Trinajstić information content (AvgIpc) is 2.79. The van der Waals surface area contributed by atoms with Crippen molar-refractivity contribution in [3.05, 3.63) is 47.2 Å². The van der Waals surface area contributed by atoms with Gasteiger partial charge in [-0.3, -0.25) is 4.79 Å². The number of rotatable bonds is 8. The lowest BCUT2D eigenvalue weighted by atomic mass is 10.2. The molecule has 1 saturated heterocycles. The summed E-state index contributed by atoms with van der Waals surface area (Å²) in [4.78, 5) is 21.5. The molecular formula is C22H30ClN5O3S. The van der Waals surface area contributed by atoms with Gasteiger partial charge in [0.2, 0.25) is 10.0 Å². The molecule has 0 spiro atoms. The van der Waals surface area contributed by atoms with Gasteiger partial charge in [0.1, 0.15) is 5.15 Å². The highest BCUT2D eigenvalue weighted by Crippen LogP contribution is 2.31. The highest BCUT2D eigenvalue weighted by atomic mass is 35.5. The number of piperazine rings is 1. The summed E-state index contributed by atoms with van der Waals surface area (Å²) in [5, 5.41) is 3.11. The minimum absolute atomic E-state index is 0.153. The molecule has 0 unspecified atom stereocenters. The number of halogens is 1. The molecule has 8 nitrogen and oxygen atoms in total. The Kier molecular flexibility index (Phi) is 8.10. The molecule has 1 N–H and O–H groups in total. The van der Waals surface area contributed by atoms with Gasteiger partial charge in [-0.15, -0.1) is 0 Å². The number of carbonyl (C=O) groups excluding carboxylic acids is 1. The summed E-state index contributed by atoms with van der Waals surface area (Å²) in [5.41, 5.74) is 1.61. The van der Waals surface area contributed by atoms with Crippen molar-refractivity contribution in [2.45, 2.75) is 25.7 Å². The van der Waals surface area contributed by atoms with E-state index in [1.807, 2.05) is 0 Å². The van der Waals surface area contributed by atoms with Crippen molar-refractivity contribution in [3.8, 4) is 0 Å². The number of likely N-dealkylation sites (N-methyl/N-ethyl adjacent to an activating group) is 1. The van der Waals surface area contributed by atoms with E-state index in [9.17, 15) is 13.2 Å². The van der Waals surface area contributed by atoms with Gasteiger partial charge in [0, 0.05) is 51.0 Å². The molecule has 0 atom stereocenters. The topological polar surface area (TPSA) is 85.9 Å². The molecule has 32 heavy (non-hydrogen) atoms. The molecule has 0 aliphatic carbocycles. The second-order valence-corrected chi connectivity index (χ2v) is 9.84. The van der Waals surface area contributed by atoms with Gasteiger partial charge in [0.05, 0.1) is 16.3 Å². The molecule has 1 aromatic carbocycles. The molecule has 0 radical (unpaired) electrons. The normalized spacial score (nSPS) is 15.2. The fraction of sp³-hybridized carbons (Fsp3) is 0.455. The molecule has 3 rings (SSSR count). The van der Waals surface area contributed by atoms with E-state index in [1.165, 1.54) is 16.6 Å². The van der Waals surface area contributed by atoms with Crippen molar-refractivity contribution in [2.75, 3.05) is 56.0 Å². The lowest BCUT2D eigenvalue weighted by molar-refractivity contribution is 0.102. The van der Waals surface area contributed by atoms with Gasteiger partial charge >= 0.3 is 0 Å². The Morgan fingerprint density at radius 2 is 1.78 bits per heavy atom. The summed E-state index contributed by atoms with van der Waals surface area (Å²) in [6, 6.07) is 8.00. The van der Waals surface area contributed by atoms with Gasteiger partial charge in [-0.05, 0) is 36.9 Å². The summed E-state index contributed by atoms with van der Waals surface area (Å²) >= 11 is 5.94. The van der Waals surface area contributed by atoms with Crippen LogP contribution >= 0.6 is 11.6 Å². The molecule has 1 aliphatic heterocycles. The summed E-state index contributed by atoms with van der Waals surface area (Å²) in [7, 11) is -3.67. The Balaban J connectivity index is 1.98. The fourth-order valence-electron chi connectivity index (χ4n) is 3.81. The maximum absolute atomic E-state index is 13.1. The van der Waals surface area contributed by atoms with Crippen LogP contribution in [0.5, 0.6) is 0 Å². The van der Waals surface area contributed by atoms with Crippen molar-refractivity contribution >= 4 is 38.9 Å². The van der Waals surface area contributed by atoms with Crippen LogP contribution in [0.2, 0.25) is 5.15 Å². The van der Waals surface area contributed by atoms with E-state index in [1.54, 1.807) is 38.1 Å². The number of pyridine rings is 1. The maximum atomic E-state index is 13.1. The Labute approximate surface area is 195 Å². The first kappa shape index (κ1) is 24.4. The monoisotopic (exact) mass is 479 g/mol. The van der Waals surface area contributed by atoms with Gasteiger partial charge in [-0.25, -0.2) is 13.4 Å². The highest BCUT2D eigenvalue weighted by molar-refractivity contribution is 7.89. The van der Waals surface area contributed by atoms with Crippen LogP contribution in [-0.2, 0) is 10.0 Å². The van der Waals surface area contributed by atoms with E-state index in [0.29, 0.717) is 24.3 Å². The van der Waals surface area contributed by atoms with Gasteiger partial charge in [-0.1, -0.05) is 32.4 Å². The first-order valence-corrected chi connectivity index (χ1v) is 12.7. The number of anilines is 2. The SMILES string of the molecule is CCN1CCN(c2ccc(S(=O)(=O)N(CC)CC)cc2NC(=O)c2ccnc(Cl)c2)CC1. The molecule has 1 aromatic heterocycles. The van der Waals surface area contributed by atoms with Crippen LogP contribution in [0.3, 0.4) is 0 Å². The third-order valence-electron chi connectivity index (χ3n) is 5.71. The van der Waals surface area contributed by atoms with Gasteiger partial charge in [-0.2, -0.15) is 4.31 Å². The molecule has 1 amide bonds. The predicted octanol–water partition coefficient (Wildman–Crippen LogP) is 3.16. The Bertz CT molecular complexity index is 1050. The van der Waals surface area contributed by atoms with Gasteiger partial charge in [0.25, 0.3) is 5.91 Å². The number of benzene rings is 1. The number of hydrogen-bond donors (Lipinski definition) is 1. The standard InChI is InChI=1S/C22H30ClN5O3S/c1-4-26-11-13-27(14-12-26)20-8-7-18(32(30,31)28(5-2)6-3)16-19(20)25-22(29)17-9-10-24-21(23)15-17/h7-10,15-16H,4-6,11-14H2,1-3H3,(H,25,29). The third kappa shape index (κ3) is 5.40. The largest absolute Gasteiger partial charge is 0.367 e. The molecule has 2 aromatic rings. The lowest BCUT2D eigenvalue weighted by Gasteiger charge is -2.36. The molecule has 2 heterocycles. The van der Waals surface area contributed by atoms with Crippen molar-refractivity contribution < 1.29 is 13.2 Å². The third-order valence-corrected chi connectivity index (χ3v) is 7.96. The molecular weight excluding hydrogens is 450 g/mol. The number of aromatic nitrogens is 1. The zero-order chi connectivity index (χ0) is 23.3. The van der Waals surface area contributed by atoms with Crippen LogP contribution in [0.25, 0.3) is 0 Å². The average molecular weight is 480 g/mol. The number of carbonyl (C=O) groups is 1. The minimum Gasteiger partial charge on any atom is -0.367 e. The van der Waals surface area contributed by atoms with Crippen LogP contribution in [0.1, 0.15) is 31.1 Å². The summed E-state index contributed by atoms with van der Waals surface area (Å²) < 4.78 is 27.6. The molecule has 174 valence electrons. The van der Waals surface area contributed by atoms with Crippen molar-refractivity contribution in [3.63, 3.8) is 0 Å². The zero-order valence-corrected chi connectivity index (χ0v) is 20.3. The van der Waals surface area contributed by atoms with Crippen LogP contribution in [0, 0.1) is 0 Å². The Morgan fingerprint density at radius 1 is 1.09 bits per heavy atom. The van der Waals surface area contributed by atoms with Crippen LogP contribution < -0.4 is 10.2 Å². The Morgan fingerprint density at radius 3 is 2.38 bits per heavy atom. The lowest BCUT2D eigenvalue weighted by Crippen LogP contribution is -2.46. The van der Waals surface area contributed by atoms with E-state index < -0.39 is 10.0 Å². The first-order valence-electron chi connectivity index (χ1n) is 10.8. The summed E-state index contributed by atoms with van der Waals surface area (Å²) in [6.07, 6.45) is 1.46. The Hall–Kier alpha value is -2.20. The van der Waals surface area contributed by atoms with Gasteiger partial charge in [0.15, 0.2) is 0 Å². The fourth-order valence-corrected chi connectivity index (χ4v) is 5.47. The molecule has 0 saturated carbocycles. The van der Waals surface area contributed by atoms with Crippen molar-refractivity contribution in [1.82, 2.24) is 14.2 Å². The number of amides is 1. The van der Waals surface area contributed by atoms with E-state index in [0.717, 1.165) is 38.4 Å². The van der Waals surface area contributed by atoms with E-state index >= 15 is 0 Å². The second kappa shape index (κ2) is 10.6. The van der Waals surface area contributed by atoms with E-state index in [-0.39, 0.29) is 16.0 Å². The highest BCUT2D eigenvalue weighted by Gasteiger charge is 2.25. The number of nitrogens with one attached hydrogen (secondary N) is 1. The smallest absolute Gasteiger partial charge is 0.255 e. The van der Waals surface area contributed by atoms with Crippen LogP contribution in [0.15, 0.2) is 41.4 Å². The number of sulfonamides is 1. The van der Waals surface area contributed by atoms with Crippen LogP contribution in [0.4, 0.5) is 11.4 Å². The number of nitrogens with zero attached hydrogens (tertiary/aromatic N) is 4. The summed E-state index contributed by atoms with van der Waals surface area (Å²) in [6.45, 7) is 10.9. The van der Waals surface area contributed by atoms with E-state index in [4.69, 9.17) is 11.6 Å². The molecule has 1 fully saturated rings.